The molecular formula is C26H24F3N3O2S. The molecule has 2 fully saturated rings. The quantitative estimate of drug-likeness (QED) is 0.466. The fraction of sp³-hybridized carbons (Fsp3) is 0.308. The number of fused-ring (bicyclic) bond motifs is 1. The van der Waals surface area contributed by atoms with Crippen LogP contribution in [0.1, 0.15) is 28.8 Å². The Morgan fingerprint density at radius 3 is 2.29 bits per heavy atom. The molecule has 3 amide bonds. The van der Waals surface area contributed by atoms with Gasteiger partial charge in [-0.25, -0.2) is 4.79 Å². The summed E-state index contributed by atoms with van der Waals surface area (Å²) in [4.78, 5) is 29.3. The van der Waals surface area contributed by atoms with E-state index in [9.17, 15) is 22.8 Å². The van der Waals surface area contributed by atoms with E-state index in [-0.39, 0.29) is 17.5 Å². The third-order valence-electron chi connectivity index (χ3n) is 6.75. The molecule has 1 spiro atoms. The van der Waals surface area contributed by atoms with Gasteiger partial charge in [-0.15, -0.1) is 11.8 Å². The van der Waals surface area contributed by atoms with Crippen molar-refractivity contribution in [3.8, 4) is 0 Å². The lowest BCUT2D eigenvalue weighted by molar-refractivity contribution is -0.137. The van der Waals surface area contributed by atoms with E-state index < -0.39 is 16.6 Å². The minimum atomic E-state index is -4.44. The van der Waals surface area contributed by atoms with Crippen LogP contribution in [0.3, 0.4) is 0 Å². The summed E-state index contributed by atoms with van der Waals surface area (Å²) in [5.74, 6) is 0.492. The first-order valence-corrected chi connectivity index (χ1v) is 12.4. The maximum atomic E-state index is 13.2. The Kier molecular flexibility index (Phi) is 6.13. The molecule has 2 saturated heterocycles. The first-order chi connectivity index (χ1) is 16.8. The van der Waals surface area contributed by atoms with Crippen LogP contribution in [0.4, 0.5) is 23.7 Å². The predicted molar refractivity (Wildman–Crippen MR) is 131 cm³/mol. The smallest absolute Gasteiger partial charge is 0.324 e. The average Bonchev–Trinajstić information content (AvgIpc) is 3.26. The molecule has 2 heterocycles. The van der Waals surface area contributed by atoms with Gasteiger partial charge in [0.25, 0.3) is 5.91 Å². The Balaban J connectivity index is 1.26. The van der Waals surface area contributed by atoms with Gasteiger partial charge in [0.05, 0.1) is 16.1 Å². The highest BCUT2D eigenvalue weighted by Crippen LogP contribution is 2.44. The van der Waals surface area contributed by atoms with Crippen LogP contribution < -0.4 is 5.32 Å². The monoisotopic (exact) mass is 499 g/mol. The SMILES string of the molecule is O=C(Nc1cccc2ccccc12)N1CCC2(CC1)SCCN2C(=O)c1ccc(C(F)(F)F)cc1. The Morgan fingerprint density at radius 1 is 0.886 bits per heavy atom. The second-order valence-electron chi connectivity index (χ2n) is 8.77. The van der Waals surface area contributed by atoms with Crippen molar-refractivity contribution < 1.29 is 22.8 Å². The van der Waals surface area contributed by atoms with Crippen LogP contribution in [0.25, 0.3) is 10.8 Å². The fourth-order valence-corrected chi connectivity index (χ4v) is 6.31. The number of hydrogen-bond acceptors (Lipinski definition) is 3. The van der Waals surface area contributed by atoms with Crippen molar-refractivity contribution in [3.05, 3.63) is 77.9 Å². The molecule has 0 aliphatic carbocycles. The molecule has 0 atom stereocenters. The van der Waals surface area contributed by atoms with E-state index in [2.05, 4.69) is 5.32 Å². The standard InChI is InChI=1S/C26H24F3N3O2S/c27-26(28,29)20-10-8-19(9-11-20)23(33)32-16-17-35-25(32)12-14-31(15-13-25)24(34)30-22-7-3-5-18-4-1-2-6-21(18)22/h1-11H,12-17H2,(H,30,34). The largest absolute Gasteiger partial charge is 0.416 e. The number of carbonyl (C=O) groups excluding carboxylic acids is 2. The van der Waals surface area contributed by atoms with Gasteiger partial charge < -0.3 is 15.1 Å². The highest BCUT2D eigenvalue weighted by molar-refractivity contribution is 8.00. The molecule has 182 valence electrons. The number of rotatable bonds is 2. The number of anilines is 1. The summed E-state index contributed by atoms with van der Waals surface area (Å²) in [6, 6.07) is 17.8. The molecule has 0 bridgehead atoms. The van der Waals surface area contributed by atoms with Gasteiger partial charge in [0.2, 0.25) is 0 Å². The predicted octanol–water partition coefficient (Wildman–Crippen LogP) is 6.07. The average molecular weight is 500 g/mol. The van der Waals surface area contributed by atoms with Crippen molar-refractivity contribution >= 4 is 40.2 Å². The molecule has 3 aromatic rings. The molecule has 2 aliphatic heterocycles. The molecule has 2 aliphatic rings. The molecule has 0 radical (unpaired) electrons. The second-order valence-corrected chi connectivity index (χ2v) is 10.2. The first-order valence-electron chi connectivity index (χ1n) is 11.4. The van der Waals surface area contributed by atoms with Crippen molar-refractivity contribution in [2.45, 2.75) is 23.9 Å². The van der Waals surface area contributed by atoms with E-state index >= 15 is 0 Å². The molecule has 9 heteroatoms. The molecule has 0 saturated carbocycles. The summed E-state index contributed by atoms with van der Waals surface area (Å²) in [6.07, 6.45) is -3.23. The molecule has 0 aromatic heterocycles. The van der Waals surface area contributed by atoms with Crippen LogP contribution >= 0.6 is 11.8 Å². The maximum absolute atomic E-state index is 13.2. The van der Waals surface area contributed by atoms with E-state index in [1.54, 1.807) is 21.6 Å². The summed E-state index contributed by atoms with van der Waals surface area (Å²) >= 11 is 1.69. The lowest BCUT2D eigenvalue weighted by Gasteiger charge is -2.44. The molecule has 3 aromatic carbocycles. The number of nitrogens with zero attached hydrogens (tertiary/aromatic N) is 2. The highest BCUT2D eigenvalue weighted by atomic mass is 32.2. The van der Waals surface area contributed by atoms with Gasteiger partial charge >= 0.3 is 12.2 Å². The van der Waals surface area contributed by atoms with Gasteiger partial charge in [-0.05, 0) is 48.6 Å². The van der Waals surface area contributed by atoms with E-state index in [1.165, 1.54) is 12.1 Å². The van der Waals surface area contributed by atoms with Crippen LogP contribution in [-0.4, -0.2) is 52.0 Å². The highest BCUT2D eigenvalue weighted by Gasteiger charge is 2.47. The summed E-state index contributed by atoms with van der Waals surface area (Å²) in [5.41, 5.74) is 0.226. The number of nitrogens with one attached hydrogen (secondary N) is 1. The van der Waals surface area contributed by atoms with Crippen LogP contribution in [0, 0.1) is 0 Å². The van der Waals surface area contributed by atoms with Gasteiger partial charge in [-0.2, -0.15) is 13.2 Å². The Bertz CT molecular complexity index is 1250. The number of urea groups is 1. The fourth-order valence-electron chi connectivity index (χ4n) is 4.85. The number of thioether (sulfide) groups is 1. The number of carbonyl (C=O) groups is 2. The van der Waals surface area contributed by atoms with Crippen LogP contribution in [-0.2, 0) is 6.18 Å². The van der Waals surface area contributed by atoms with Crippen LogP contribution in [0.15, 0.2) is 66.7 Å². The summed E-state index contributed by atoms with van der Waals surface area (Å²) < 4.78 is 38.7. The van der Waals surface area contributed by atoms with E-state index in [1.807, 2.05) is 42.5 Å². The van der Waals surface area contributed by atoms with Gasteiger partial charge in [0.1, 0.15) is 0 Å². The molecular weight excluding hydrogens is 475 g/mol. The first kappa shape index (κ1) is 23.5. The molecule has 5 rings (SSSR count). The van der Waals surface area contributed by atoms with Crippen LogP contribution in [0.2, 0.25) is 0 Å². The van der Waals surface area contributed by atoms with Crippen molar-refractivity contribution in [2.24, 2.45) is 0 Å². The van der Waals surface area contributed by atoms with Crippen molar-refractivity contribution in [2.75, 3.05) is 30.7 Å². The Morgan fingerprint density at radius 2 is 1.57 bits per heavy atom. The number of hydrogen-bond donors (Lipinski definition) is 1. The third-order valence-corrected chi connectivity index (χ3v) is 8.30. The lowest BCUT2D eigenvalue weighted by Crippen LogP contribution is -2.54. The summed E-state index contributed by atoms with van der Waals surface area (Å²) in [6.45, 7) is 1.51. The van der Waals surface area contributed by atoms with E-state index in [0.29, 0.717) is 32.5 Å². The molecule has 5 nitrogen and oxygen atoms in total. The number of benzene rings is 3. The number of halogens is 3. The van der Waals surface area contributed by atoms with Crippen molar-refractivity contribution in [3.63, 3.8) is 0 Å². The zero-order valence-corrected chi connectivity index (χ0v) is 19.7. The van der Waals surface area contributed by atoms with E-state index in [4.69, 9.17) is 0 Å². The minimum Gasteiger partial charge on any atom is -0.324 e. The normalized spacial score (nSPS) is 17.7. The number of piperidine rings is 1. The third kappa shape index (κ3) is 4.57. The Hall–Kier alpha value is -3.20. The number of amides is 3. The number of likely N-dealkylation sites (tertiary alicyclic amines) is 1. The van der Waals surface area contributed by atoms with Crippen LogP contribution in [0.5, 0.6) is 0 Å². The van der Waals surface area contributed by atoms with E-state index in [0.717, 1.165) is 34.3 Å². The number of alkyl halides is 3. The zero-order chi connectivity index (χ0) is 24.6. The zero-order valence-electron chi connectivity index (χ0n) is 18.8. The second kappa shape index (κ2) is 9.11. The van der Waals surface area contributed by atoms with Gasteiger partial charge in [-0.3, -0.25) is 4.79 Å². The van der Waals surface area contributed by atoms with Gasteiger partial charge in [0, 0.05) is 36.3 Å². The minimum absolute atomic E-state index is 0.181. The molecule has 35 heavy (non-hydrogen) atoms. The van der Waals surface area contributed by atoms with Crippen molar-refractivity contribution in [1.29, 1.82) is 0 Å². The lowest BCUT2D eigenvalue weighted by atomic mass is 10.0. The molecule has 0 unspecified atom stereocenters. The topological polar surface area (TPSA) is 52.7 Å². The van der Waals surface area contributed by atoms with Gasteiger partial charge in [-0.1, -0.05) is 36.4 Å². The molecule has 1 N–H and O–H groups in total. The Labute approximate surface area is 205 Å². The summed E-state index contributed by atoms with van der Waals surface area (Å²) in [5, 5.41) is 5.03. The summed E-state index contributed by atoms with van der Waals surface area (Å²) in [7, 11) is 0. The van der Waals surface area contributed by atoms with Gasteiger partial charge in [0.15, 0.2) is 0 Å². The maximum Gasteiger partial charge on any atom is 0.416 e. The van der Waals surface area contributed by atoms with Crippen molar-refractivity contribution in [1.82, 2.24) is 9.80 Å².